The van der Waals surface area contributed by atoms with Crippen molar-refractivity contribution in [3.05, 3.63) is 82.2 Å². The highest BCUT2D eigenvalue weighted by Gasteiger charge is 2.49. The molecule has 3 atom stereocenters. The minimum absolute atomic E-state index is 0.140. The van der Waals surface area contributed by atoms with Crippen LogP contribution in [0.1, 0.15) is 57.1 Å². The zero-order valence-electron chi connectivity index (χ0n) is 23.0. The summed E-state index contributed by atoms with van der Waals surface area (Å²) in [6.45, 7) is 7.99. The van der Waals surface area contributed by atoms with Crippen LogP contribution in [0.2, 0.25) is 0 Å². The van der Waals surface area contributed by atoms with Crippen LogP contribution in [0.3, 0.4) is 0 Å². The number of carbonyl (C=O) groups excluding carboxylic acids is 3. The predicted octanol–water partition coefficient (Wildman–Crippen LogP) is 4.81. The molecule has 39 heavy (non-hydrogen) atoms. The summed E-state index contributed by atoms with van der Waals surface area (Å²) in [6, 6.07) is 14.7. The highest BCUT2D eigenvalue weighted by Crippen LogP contribution is 2.49. The lowest BCUT2D eigenvalue weighted by Crippen LogP contribution is -2.43. The van der Waals surface area contributed by atoms with Gasteiger partial charge >= 0.3 is 11.9 Å². The molecule has 2 aliphatic rings. The van der Waals surface area contributed by atoms with Crippen molar-refractivity contribution in [1.82, 2.24) is 5.32 Å². The van der Waals surface area contributed by atoms with E-state index in [1.54, 1.807) is 27.9 Å². The van der Waals surface area contributed by atoms with Crippen molar-refractivity contribution in [1.29, 1.82) is 0 Å². The zero-order valence-corrected chi connectivity index (χ0v) is 23.0. The zero-order chi connectivity index (χ0) is 28.1. The van der Waals surface area contributed by atoms with Gasteiger partial charge in [0.2, 0.25) is 0 Å². The number of hydrogen-bond donors (Lipinski definition) is 1. The van der Waals surface area contributed by atoms with Crippen LogP contribution in [0.4, 0.5) is 0 Å². The van der Waals surface area contributed by atoms with E-state index in [2.05, 4.69) is 5.32 Å². The number of dihydropyridines is 1. The Morgan fingerprint density at radius 1 is 0.949 bits per heavy atom. The van der Waals surface area contributed by atoms with Gasteiger partial charge in [-0.15, -0.1) is 0 Å². The minimum Gasteiger partial charge on any atom is -0.496 e. The summed E-state index contributed by atoms with van der Waals surface area (Å²) >= 11 is 0. The fourth-order valence-corrected chi connectivity index (χ4v) is 5.54. The minimum atomic E-state index is -1.10. The van der Waals surface area contributed by atoms with Gasteiger partial charge in [0.15, 0.2) is 5.78 Å². The van der Waals surface area contributed by atoms with Crippen LogP contribution >= 0.6 is 0 Å². The fourth-order valence-electron chi connectivity index (χ4n) is 5.54. The largest absolute Gasteiger partial charge is 0.496 e. The first-order valence-corrected chi connectivity index (χ1v) is 13.3. The van der Waals surface area contributed by atoms with Gasteiger partial charge in [-0.05, 0) is 63.4 Å². The Morgan fingerprint density at radius 3 is 2.28 bits per heavy atom. The molecule has 0 saturated heterocycles. The summed E-state index contributed by atoms with van der Waals surface area (Å²) in [6.07, 6.45) is 0.353. The molecule has 0 aromatic heterocycles. The Bertz CT molecular complexity index is 1310. The maximum atomic E-state index is 14.4. The molecular formula is C31H35NO7. The SMILES string of the molecule is CCOC(=O)C1=C(C)NC2=C(C(=O)[C@@H](C(=O)OCC)[C@@H](c3ccccc3OC)C2)[C@H]1c1ccc(OCC)cc1. The van der Waals surface area contributed by atoms with E-state index >= 15 is 0 Å². The number of allylic oxidation sites excluding steroid dienone is 3. The smallest absolute Gasteiger partial charge is 0.336 e. The van der Waals surface area contributed by atoms with Crippen LogP contribution in [-0.2, 0) is 23.9 Å². The monoisotopic (exact) mass is 533 g/mol. The van der Waals surface area contributed by atoms with E-state index < -0.39 is 29.7 Å². The van der Waals surface area contributed by atoms with Crippen molar-refractivity contribution >= 4 is 17.7 Å². The Hall–Kier alpha value is -4.07. The number of ether oxygens (including phenoxy) is 4. The molecule has 206 valence electrons. The second-order valence-electron chi connectivity index (χ2n) is 9.36. The Kier molecular flexibility index (Phi) is 8.74. The molecule has 8 heteroatoms. The molecule has 0 unspecified atom stereocenters. The number of ketones is 1. The van der Waals surface area contributed by atoms with Gasteiger partial charge in [-0.1, -0.05) is 30.3 Å². The van der Waals surface area contributed by atoms with Crippen molar-refractivity contribution in [2.75, 3.05) is 26.9 Å². The van der Waals surface area contributed by atoms with Gasteiger partial charge in [0.05, 0.1) is 32.5 Å². The molecule has 2 aromatic rings. The third-order valence-corrected chi connectivity index (χ3v) is 7.12. The maximum absolute atomic E-state index is 14.4. The van der Waals surface area contributed by atoms with E-state index in [0.29, 0.717) is 47.1 Å². The number of hydrogen-bond acceptors (Lipinski definition) is 8. The highest BCUT2D eigenvalue weighted by atomic mass is 16.5. The molecule has 0 radical (unpaired) electrons. The van der Waals surface area contributed by atoms with Gasteiger partial charge < -0.3 is 24.3 Å². The molecule has 1 heterocycles. The van der Waals surface area contributed by atoms with Crippen LogP contribution in [0.25, 0.3) is 0 Å². The lowest BCUT2D eigenvalue weighted by molar-refractivity contribution is -0.152. The summed E-state index contributed by atoms with van der Waals surface area (Å²) in [5, 5.41) is 3.32. The lowest BCUT2D eigenvalue weighted by Gasteiger charge is -2.39. The summed E-state index contributed by atoms with van der Waals surface area (Å²) in [7, 11) is 1.56. The molecule has 1 aliphatic heterocycles. The van der Waals surface area contributed by atoms with Crippen LogP contribution in [0, 0.1) is 5.92 Å². The van der Waals surface area contributed by atoms with E-state index in [4.69, 9.17) is 18.9 Å². The standard InChI is InChI=1S/C31H35NO7/c1-6-37-20-15-13-19(14-16-20)26-25(30(34)38-7-2)18(4)32-23-17-22(21-11-9-10-12-24(21)36-5)27(29(33)28(23)26)31(35)39-8-3/h9-16,22,26-27,32H,6-8,17H2,1-5H3/t22-,26+,27+/m1/s1. The fraction of sp³-hybridized carbons (Fsp3) is 0.387. The number of para-hydroxylation sites is 1. The molecule has 1 N–H and O–H groups in total. The molecule has 0 spiro atoms. The molecule has 0 saturated carbocycles. The number of methoxy groups -OCH3 is 1. The molecular weight excluding hydrogens is 498 g/mol. The second-order valence-corrected chi connectivity index (χ2v) is 9.36. The number of carbonyl (C=O) groups is 3. The van der Waals surface area contributed by atoms with E-state index in [9.17, 15) is 14.4 Å². The van der Waals surface area contributed by atoms with Crippen LogP contribution in [-0.4, -0.2) is 44.7 Å². The normalized spacial score (nSPS) is 20.6. The number of rotatable bonds is 9. The summed E-state index contributed by atoms with van der Waals surface area (Å²) in [4.78, 5) is 41.0. The van der Waals surface area contributed by atoms with Crippen molar-refractivity contribution in [2.24, 2.45) is 5.92 Å². The molecule has 1 aliphatic carbocycles. The molecule has 0 bridgehead atoms. The van der Waals surface area contributed by atoms with E-state index in [1.807, 2.05) is 55.5 Å². The second kappa shape index (κ2) is 12.2. The van der Waals surface area contributed by atoms with Crippen molar-refractivity contribution < 1.29 is 33.3 Å². The van der Waals surface area contributed by atoms with Crippen LogP contribution in [0.5, 0.6) is 11.5 Å². The van der Waals surface area contributed by atoms with Gasteiger partial charge in [0.1, 0.15) is 17.4 Å². The topological polar surface area (TPSA) is 100 Å². The molecule has 8 nitrogen and oxygen atoms in total. The van der Waals surface area contributed by atoms with Crippen LogP contribution in [0.15, 0.2) is 71.1 Å². The first kappa shape index (κ1) is 28.0. The number of esters is 2. The third kappa shape index (κ3) is 5.41. The van der Waals surface area contributed by atoms with E-state index in [1.165, 1.54) is 0 Å². The summed E-state index contributed by atoms with van der Waals surface area (Å²) in [5.74, 6) is -2.57. The Balaban J connectivity index is 1.90. The summed E-state index contributed by atoms with van der Waals surface area (Å²) < 4.78 is 22.0. The van der Waals surface area contributed by atoms with Gasteiger partial charge in [0, 0.05) is 28.8 Å². The molecule has 0 amide bonds. The van der Waals surface area contributed by atoms with Gasteiger partial charge in [-0.2, -0.15) is 0 Å². The van der Waals surface area contributed by atoms with E-state index in [-0.39, 0.29) is 19.0 Å². The average Bonchev–Trinajstić information content (AvgIpc) is 2.93. The summed E-state index contributed by atoms with van der Waals surface area (Å²) in [5.41, 5.74) is 3.45. The van der Waals surface area contributed by atoms with Gasteiger partial charge in [-0.3, -0.25) is 9.59 Å². The Morgan fingerprint density at radius 2 is 1.64 bits per heavy atom. The van der Waals surface area contributed by atoms with Crippen molar-refractivity contribution in [3.63, 3.8) is 0 Å². The highest BCUT2D eigenvalue weighted by molar-refractivity contribution is 6.13. The van der Waals surface area contributed by atoms with Crippen molar-refractivity contribution in [3.8, 4) is 11.5 Å². The number of benzene rings is 2. The lowest BCUT2D eigenvalue weighted by atomic mass is 9.67. The number of nitrogens with one attached hydrogen (secondary N) is 1. The molecule has 2 aromatic carbocycles. The quantitative estimate of drug-likeness (QED) is 0.362. The predicted molar refractivity (Wildman–Crippen MR) is 145 cm³/mol. The van der Waals surface area contributed by atoms with Gasteiger partial charge in [-0.25, -0.2) is 4.79 Å². The van der Waals surface area contributed by atoms with Crippen molar-refractivity contribution in [2.45, 2.75) is 46.0 Å². The number of Topliss-reactive ketones (excluding diaryl/α,β-unsaturated/α-hetero) is 1. The first-order chi connectivity index (χ1) is 18.9. The van der Waals surface area contributed by atoms with E-state index in [0.717, 1.165) is 11.1 Å². The molecule has 4 rings (SSSR count). The third-order valence-electron chi connectivity index (χ3n) is 7.12. The molecule has 0 fully saturated rings. The first-order valence-electron chi connectivity index (χ1n) is 13.3. The van der Waals surface area contributed by atoms with Gasteiger partial charge in [0.25, 0.3) is 0 Å². The maximum Gasteiger partial charge on any atom is 0.336 e. The average molecular weight is 534 g/mol. The van der Waals surface area contributed by atoms with Crippen LogP contribution < -0.4 is 14.8 Å². The Labute approximate surface area is 229 Å².